The number of methoxy groups -OCH3 is 2. The molecule has 0 spiro atoms. The maximum atomic E-state index is 11.6. The number of nitrogens with two attached hydrogens (primary N) is 1. The zero-order valence-corrected chi connectivity index (χ0v) is 12.1. The van der Waals surface area contributed by atoms with Crippen molar-refractivity contribution in [2.45, 2.75) is 39.2 Å². The largest absolute Gasteiger partial charge is 0.465 e. The summed E-state index contributed by atoms with van der Waals surface area (Å²) in [5, 5.41) is 0. The van der Waals surface area contributed by atoms with Crippen LogP contribution in [0.2, 0.25) is 0 Å². The standard InChI is InChI=1S/C13H21N3O3/c1-6-13(7-2,19-5)12-15-8(3)9(10(14)16-12)11(17)18-4/h6-7H2,1-5H3,(H2,14,15,16). The van der Waals surface area contributed by atoms with E-state index in [0.717, 1.165) is 12.8 Å². The molecule has 0 saturated carbocycles. The molecule has 0 aliphatic rings. The third kappa shape index (κ3) is 2.68. The van der Waals surface area contributed by atoms with Gasteiger partial charge in [0, 0.05) is 7.11 Å². The molecule has 0 saturated heterocycles. The average molecular weight is 267 g/mol. The maximum Gasteiger partial charge on any atom is 0.343 e. The van der Waals surface area contributed by atoms with E-state index in [0.29, 0.717) is 11.5 Å². The Kier molecular flexibility index (Phi) is 4.83. The summed E-state index contributed by atoms with van der Waals surface area (Å²) in [7, 11) is 2.92. The van der Waals surface area contributed by atoms with Crippen molar-refractivity contribution < 1.29 is 14.3 Å². The predicted octanol–water partition coefficient (Wildman–Crippen LogP) is 1.82. The molecule has 0 unspecified atom stereocenters. The molecule has 1 heterocycles. The number of rotatable bonds is 5. The monoisotopic (exact) mass is 267 g/mol. The maximum absolute atomic E-state index is 11.6. The Bertz CT molecular complexity index is 439. The molecule has 19 heavy (non-hydrogen) atoms. The van der Waals surface area contributed by atoms with E-state index in [9.17, 15) is 4.79 Å². The Labute approximate surface area is 113 Å². The smallest absolute Gasteiger partial charge is 0.343 e. The van der Waals surface area contributed by atoms with Gasteiger partial charge in [-0.05, 0) is 19.8 Å². The van der Waals surface area contributed by atoms with E-state index in [-0.39, 0.29) is 11.4 Å². The van der Waals surface area contributed by atoms with Crippen molar-refractivity contribution in [3.8, 4) is 0 Å². The number of hydrogen-bond acceptors (Lipinski definition) is 6. The number of anilines is 1. The number of nitrogens with zero attached hydrogens (tertiary/aromatic N) is 2. The van der Waals surface area contributed by atoms with Crippen molar-refractivity contribution in [1.82, 2.24) is 9.97 Å². The summed E-state index contributed by atoms with van der Waals surface area (Å²) < 4.78 is 10.2. The van der Waals surface area contributed by atoms with Crippen LogP contribution in [0, 0.1) is 6.92 Å². The number of ether oxygens (including phenoxy) is 2. The topological polar surface area (TPSA) is 87.3 Å². The van der Waals surface area contributed by atoms with Crippen LogP contribution >= 0.6 is 0 Å². The summed E-state index contributed by atoms with van der Waals surface area (Å²) in [4.78, 5) is 20.2. The molecular formula is C13H21N3O3. The molecule has 0 atom stereocenters. The lowest BCUT2D eigenvalue weighted by atomic mass is 9.95. The first-order valence-electron chi connectivity index (χ1n) is 6.23. The van der Waals surface area contributed by atoms with E-state index in [2.05, 4.69) is 14.7 Å². The Morgan fingerprint density at radius 2 is 1.84 bits per heavy atom. The van der Waals surface area contributed by atoms with Gasteiger partial charge in [-0.25, -0.2) is 14.8 Å². The van der Waals surface area contributed by atoms with Gasteiger partial charge in [-0.15, -0.1) is 0 Å². The summed E-state index contributed by atoms with van der Waals surface area (Å²) >= 11 is 0. The third-order valence-electron chi connectivity index (χ3n) is 3.45. The number of aryl methyl sites for hydroxylation is 1. The summed E-state index contributed by atoms with van der Waals surface area (Å²) in [6, 6.07) is 0. The Balaban J connectivity index is 3.39. The van der Waals surface area contributed by atoms with E-state index in [1.54, 1.807) is 14.0 Å². The minimum atomic E-state index is -0.576. The molecule has 0 aliphatic carbocycles. The van der Waals surface area contributed by atoms with Crippen LogP contribution < -0.4 is 5.73 Å². The summed E-state index contributed by atoms with van der Waals surface area (Å²) in [6.45, 7) is 5.70. The van der Waals surface area contributed by atoms with Crippen molar-refractivity contribution in [2.75, 3.05) is 20.0 Å². The van der Waals surface area contributed by atoms with Gasteiger partial charge in [0.1, 0.15) is 17.0 Å². The van der Waals surface area contributed by atoms with Crippen LogP contribution in [0.25, 0.3) is 0 Å². The molecule has 0 radical (unpaired) electrons. The first kappa shape index (κ1) is 15.4. The van der Waals surface area contributed by atoms with E-state index in [4.69, 9.17) is 10.5 Å². The van der Waals surface area contributed by atoms with Gasteiger partial charge in [0.2, 0.25) is 0 Å². The van der Waals surface area contributed by atoms with Crippen molar-refractivity contribution in [2.24, 2.45) is 0 Å². The second-order valence-corrected chi connectivity index (χ2v) is 4.29. The molecule has 0 fully saturated rings. The van der Waals surface area contributed by atoms with Crippen LogP contribution in [-0.4, -0.2) is 30.2 Å². The highest BCUT2D eigenvalue weighted by atomic mass is 16.5. The highest BCUT2D eigenvalue weighted by Crippen LogP contribution is 2.31. The second-order valence-electron chi connectivity index (χ2n) is 4.29. The van der Waals surface area contributed by atoms with Crippen LogP contribution in [0.3, 0.4) is 0 Å². The lowest BCUT2D eigenvalue weighted by molar-refractivity contribution is -0.0292. The van der Waals surface area contributed by atoms with E-state index in [1.807, 2.05) is 13.8 Å². The fraction of sp³-hybridized carbons (Fsp3) is 0.615. The van der Waals surface area contributed by atoms with Gasteiger partial charge >= 0.3 is 5.97 Å². The number of aromatic nitrogens is 2. The number of carbonyl (C=O) groups is 1. The predicted molar refractivity (Wildman–Crippen MR) is 71.8 cm³/mol. The molecule has 0 aromatic carbocycles. The summed E-state index contributed by atoms with van der Waals surface area (Å²) in [5.41, 5.74) is 5.99. The minimum Gasteiger partial charge on any atom is -0.465 e. The lowest BCUT2D eigenvalue weighted by Crippen LogP contribution is -2.31. The van der Waals surface area contributed by atoms with Crippen molar-refractivity contribution in [3.63, 3.8) is 0 Å². The first-order chi connectivity index (χ1) is 8.95. The average Bonchev–Trinajstić information content (AvgIpc) is 2.40. The third-order valence-corrected chi connectivity index (χ3v) is 3.45. The normalized spacial score (nSPS) is 11.4. The van der Waals surface area contributed by atoms with Gasteiger partial charge in [0.15, 0.2) is 5.82 Å². The highest BCUT2D eigenvalue weighted by Gasteiger charge is 2.33. The Hall–Kier alpha value is -1.69. The van der Waals surface area contributed by atoms with Crippen molar-refractivity contribution >= 4 is 11.8 Å². The molecule has 106 valence electrons. The molecule has 1 rings (SSSR count). The zero-order valence-electron chi connectivity index (χ0n) is 12.1. The van der Waals surface area contributed by atoms with Crippen molar-refractivity contribution in [1.29, 1.82) is 0 Å². The van der Waals surface area contributed by atoms with Gasteiger partial charge in [-0.2, -0.15) is 0 Å². The molecule has 1 aromatic rings. The Morgan fingerprint density at radius 3 is 2.21 bits per heavy atom. The van der Waals surface area contributed by atoms with E-state index < -0.39 is 11.6 Å². The van der Waals surface area contributed by atoms with Gasteiger partial charge in [0.25, 0.3) is 0 Å². The first-order valence-corrected chi connectivity index (χ1v) is 6.23. The van der Waals surface area contributed by atoms with E-state index in [1.165, 1.54) is 7.11 Å². The lowest BCUT2D eigenvalue weighted by Gasteiger charge is -2.29. The number of hydrogen-bond donors (Lipinski definition) is 1. The molecule has 6 nitrogen and oxygen atoms in total. The zero-order chi connectivity index (χ0) is 14.6. The molecule has 0 aliphatic heterocycles. The van der Waals surface area contributed by atoms with Crippen LogP contribution in [0.5, 0.6) is 0 Å². The quantitative estimate of drug-likeness (QED) is 0.819. The fourth-order valence-electron chi connectivity index (χ4n) is 2.10. The van der Waals surface area contributed by atoms with Crippen LogP contribution in [0.15, 0.2) is 0 Å². The van der Waals surface area contributed by atoms with Crippen LogP contribution in [0.4, 0.5) is 5.82 Å². The van der Waals surface area contributed by atoms with Crippen molar-refractivity contribution in [3.05, 3.63) is 17.1 Å². The molecule has 2 N–H and O–H groups in total. The number of nitrogen functional groups attached to an aromatic ring is 1. The molecule has 6 heteroatoms. The van der Waals surface area contributed by atoms with Gasteiger partial charge in [0.05, 0.1) is 12.8 Å². The molecule has 0 amide bonds. The number of carbonyl (C=O) groups excluding carboxylic acids is 1. The summed E-state index contributed by atoms with van der Waals surface area (Å²) in [6.07, 6.45) is 1.44. The number of esters is 1. The van der Waals surface area contributed by atoms with Gasteiger partial charge in [-0.3, -0.25) is 0 Å². The van der Waals surface area contributed by atoms with E-state index >= 15 is 0 Å². The molecular weight excluding hydrogens is 246 g/mol. The molecule has 0 bridgehead atoms. The van der Waals surface area contributed by atoms with Gasteiger partial charge in [-0.1, -0.05) is 13.8 Å². The fourth-order valence-corrected chi connectivity index (χ4v) is 2.10. The van der Waals surface area contributed by atoms with Gasteiger partial charge < -0.3 is 15.2 Å². The SMILES string of the molecule is CCC(CC)(OC)c1nc(C)c(C(=O)OC)c(N)n1. The Morgan fingerprint density at radius 1 is 1.26 bits per heavy atom. The van der Waals surface area contributed by atoms with Crippen LogP contribution in [0.1, 0.15) is 48.6 Å². The summed E-state index contributed by atoms with van der Waals surface area (Å²) in [5.74, 6) is 0.0953. The molecule has 1 aromatic heterocycles. The van der Waals surface area contributed by atoms with Crippen LogP contribution in [-0.2, 0) is 15.1 Å². The second kappa shape index (κ2) is 5.97. The minimum absolute atomic E-state index is 0.123. The highest BCUT2D eigenvalue weighted by molar-refractivity contribution is 5.95.